The third kappa shape index (κ3) is 3.70. The van der Waals surface area contributed by atoms with Gasteiger partial charge in [0.25, 0.3) is 0 Å². The molecule has 1 unspecified atom stereocenters. The Kier molecular flexibility index (Phi) is 4.80. The average Bonchev–Trinajstić information content (AvgIpc) is 2.84. The number of benzene rings is 1. The van der Waals surface area contributed by atoms with Crippen molar-refractivity contribution in [2.75, 3.05) is 24.5 Å². The highest BCUT2D eigenvalue weighted by atomic mass is 16.1. The lowest BCUT2D eigenvalue weighted by Gasteiger charge is -2.22. The molecule has 1 aromatic rings. The molecule has 4 nitrogen and oxygen atoms in total. The molecule has 1 heterocycles. The first-order chi connectivity index (χ1) is 9.20. The highest BCUT2D eigenvalue weighted by molar-refractivity contribution is 5.73. The number of carbonyl (C=O) groups excluding carboxylic acids is 1. The van der Waals surface area contributed by atoms with Gasteiger partial charge in [-0.25, -0.2) is 0 Å². The molecule has 4 heteroatoms. The first-order valence-corrected chi connectivity index (χ1v) is 7.01. The van der Waals surface area contributed by atoms with Crippen LogP contribution in [0.5, 0.6) is 0 Å². The molecule has 0 saturated carbocycles. The molecular weight excluding hydrogens is 238 g/mol. The summed E-state index contributed by atoms with van der Waals surface area (Å²) < 4.78 is 0. The van der Waals surface area contributed by atoms with Crippen molar-refractivity contribution < 1.29 is 4.79 Å². The third-order valence-corrected chi connectivity index (χ3v) is 3.49. The normalized spacial score (nSPS) is 18.6. The van der Waals surface area contributed by atoms with Gasteiger partial charge in [-0.15, -0.1) is 0 Å². The van der Waals surface area contributed by atoms with E-state index in [-0.39, 0.29) is 11.9 Å². The fourth-order valence-corrected chi connectivity index (χ4v) is 2.61. The maximum atomic E-state index is 11.1. The largest absolute Gasteiger partial charge is 0.369 e. The molecule has 19 heavy (non-hydrogen) atoms. The van der Waals surface area contributed by atoms with Crippen LogP contribution in [-0.4, -0.2) is 31.6 Å². The predicted molar refractivity (Wildman–Crippen MR) is 78.3 cm³/mol. The standard InChI is InChI=1S/C15H23N3O/c1-3-16-10-13-6-4-5-7-15(13)18-9-8-14(11-18)17-12(2)19/h4-7,14,16H,3,8-11H2,1-2H3,(H,17,19). The van der Waals surface area contributed by atoms with E-state index < -0.39 is 0 Å². The van der Waals surface area contributed by atoms with Crippen molar-refractivity contribution in [3.63, 3.8) is 0 Å². The number of amides is 1. The molecule has 1 aliphatic rings. The van der Waals surface area contributed by atoms with E-state index in [4.69, 9.17) is 0 Å². The lowest BCUT2D eigenvalue weighted by Crippen LogP contribution is -2.35. The Hall–Kier alpha value is -1.55. The number of hydrogen-bond donors (Lipinski definition) is 2. The van der Waals surface area contributed by atoms with E-state index in [1.807, 2.05) is 0 Å². The van der Waals surface area contributed by atoms with E-state index >= 15 is 0 Å². The van der Waals surface area contributed by atoms with Crippen molar-refractivity contribution >= 4 is 11.6 Å². The van der Waals surface area contributed by atoms with Crippen molar-refractivity contribution in [3.8, 4) is 0 Å². The zero-order valence-corrected chi connectivity index (χ0v) is 11.8. The van der Waals surface area contributed by atoms with Crippen LogP contribution in [0.2, 0.25) is 0 Å². The second-order valence-corrected chi connectivity index (χ2v) is 5.04. The zero-order valence-electron chi connectivity index (χ0n) is 11.8. The number of rotatable bonds is 5. The molecule has 2 rings (SSSR count). The Morgan fingerprint density at radius 1 is 1.42 bits per heavy atom. The summed E-state index contributed by atoms with van der Waals surface area (Å²) in [5.41, 5.74) is 2.61. The van der Waals surface area contributed by atoms with Gasteiger partial charge in [0.15, 0.2) is 0 Å². The van der Waals surface area contributed by atoms with Gasteiger partial charge in [0.05, 0.1) is 0 Å². The second-order valence-electron chi connectivity index (χ2n) is 5.04. The van der Waals surface area contributed by atoms with Gasteiger partial charge >= 0.3 is 0 Å². The number of hydrogen-bond acceptors (Lipinski definition) is 3. The van der Waals surface area contributed by atoms with Gasteiger partial charge in [-0.05, 0) is 24.6 Å². The monoisotopic (exact) mass is 261 g/mol. The van der Waals surface area contributed by atoms with Crippen molar-refractivity contribution in [1.82, 2.24) is 10.6 Å². The fourth-order valence-electron chi connectivity index (χ4n) is 2.61. The Morgan fingerprint density at radius 3 is 2.95 bits per heavy atom. The molecule has 1 saturated heterocycles. The minimum absolute atomic E-state index is 0.0628. The number of carbonyl (C=O) groups is 1. The van der Waals surface area contributed by atoms with E-state index in [0.717, 1.165) is 32.6 Å². The van der Waals surface area contributed by atoms with Gasteiger partial charge in [-0.3, -0.25) is 4.79 Å². The molecular formula is C15H23N3O. The van der Waals surface area contributed by atoms with Gasteiger partial charge < -0.3 is 15.5 Å². The van der Waals surface area contributed by atoms with Gasteiger partial charge in [-0.2, -0.15) is 0 Å². The van der Waals surface area contributed by atoms with Crippen LogP contribution in [0.1, 0.15) is 25.8 Å². The summed E-state index contributed by atoms with van der Waals surface area (Å²) in [4.78, 5) is 13.5. The van der Waals surface area contributed by atoms with Crippen molar-refractivity contribution in [3.05, 3.63) is 29.8 Å². The van der Waals surface area contributed by atoms with Crippen molar-refractivity contribution in [1.29, 1.82) is 0 Å². The van der Waals surface area contributed by atoms with E-state index in [9.17, 15) is 4.79 Å². The quantitative estimate of drug-likeness (QED) is 0.844. The molecule has 1 atom stereocenters. The number of anilines is 1. The molecule has 2 N–H and O–H groups in total. The Morgan fingerprint density at radius 2 is 2.21 bits per heavy atom. The van der Waals surface area contributed by atoms with Crippen LogP contribution in [0.15, 0.2) is 24.3 Å². The topological polar surface area (TPSA) is 44.4 Å². The lowest BCUT2D eigenvalue weighted by molar-refractivity contribution is -0.119. The summed E-state index contributed by atoms with van der Waals surface area (Å²) in [6.45, 7) is 7.49. The first kappa shape index (κ1) is 13.9. The number of para-hydroxylation sites is 1. The highest BCUT2D eigenvalue weighted by Crippen LogP contribution is 2.24. The first-order valence-electron chi connectivity index (χ1n) is 7.01. The molecule has 1 aromatic carbocycles. The molecule has 0 aromatic heterocycles. The maximum absolute atomic E-state index is 11.1. The minimum Gasteiger partial charge on any atom is -0.369 e. The molecule has 1 amide bonds. The van der Waals surface area contributed by atoms with Crippen LogP contribution < -0.4 is 15.5 Å². The highest BCUT2D eigenvalue weighted by Gasteiger charge is 2.24. The summed E-state index contributed by atoms with van der Waals surface area (Å²) in [5.74, 6) is 0.0628. The maximum Gasteiger partial charge on any atom is 0.217 e. The van der Waals surface area contributed by atoms with E-state index in [0.29, 0.717) is 0 Å². The van der Waals surface area contributed by atoms with Crippen LogP contribution in [0.4, 0.5) is 5.69 Å². The SMILES string of the molecule is CCNCc1ccccc1N1CCC(NC(C)=O)C1. The zero-order chi connectivity index (χ0) is 13.7. The van der Waals surface area contributed by atoms with Crippen LogP contribution in [0.3, 0.4) is 0 Å². The summed E-state index contributed by atoms with van der Waals surface area (Å²) in [6.07, 6.45) is 1.02. The smallest absolute Gasteiger partial charge is 0.217 e. The molecule has 1 aliphatic heterocycles. The Labute approximate surface area is 115 Å². The third-order valence-electron chi connectivity index (χ3n) is 3.49. The molecule has 0 spiro atoms. The summed E-state index contributed by atoms with van der Waals surface area (Å²) in [5, 5.41) is 6.38. The van der Waals surface area contributed by atoms with Crippen LogP contribution >= 0.6 is 0 Å². The van der Waals surface area contributed by atoms with Crippen LogP contribution in [-0.2, 0) is 11.3 Å². The van der Waals surface area contributed by atoms with Crippen molar-refractivity contribution in [2.24, 2.45) is 0 Å². The summed E-state index contributed by atoms with van der Waals surface area (Å²) in [7, 11) is 0. The molecule has 0 aliphatic carbocycles. The van der Waals surface area contributed by atoms with Crippen molar-refractivity contribution in [2.45, 2.75) is 32.9 Å². The number of nitrogens with one attached hydrogen (secondary N) is 2. The summed E-state index contributed by atoms with van der Waals surface area (Å²) in [6, 6.07) is 8.78. The van der Waals surface area contributed by atoms with Crippen LogP contribution in [0, 0.1) is 0 Å². The molecule has 104 valence electrons. The van der Waals surface area contributed by atoms with E-state index in [2.05, 4.69) is 46.7 Å². The van der Waals surface area contributed by atoms with Gasteiger partial charge in [-0.1, -0.05) is 25.1 Å². The molecule has 0 bridgehead atoms. The average molecular weight is 261 g/mol. The minimum atomic E-state index is 0.0628. The Balaban J connectivity index is 2.04. The van der Waals surface area contributed by atoms with Gasteiger partial charge in [0.2, 0.25) is 5.91 Å². The van der Waals surface area contributed by atoms with Crippen LogP contribution in [0.25, 0.3) is 0 Å². The Bertz CT molecular complexity index is 433. The number of nitrogens with zero attached hydrogens (tertiary/aromatic N) is 1. The molecule has 1 fully saturated rings. The van der Waals surface area contributed by atoms with E-state index in [1.54, 1.807) is 6.92 Å². The predicted octanol–water partition coefficient (Wildman–Crippen LogP) is 1.51. The summed E-state index contributed by atoms with van der Waals surface area (Å²) >= 11 is 0. The fraction of sp³-hybridized carbons (Fsp3) is 0.533. The second kappa shape index (κ2) is 6.57. The van der Waals surface area contributed by atoms with E-state index in [1.165, 1.54) is 11.3 Å². The lowest BCUT2D eigenvalue weighted by atomic mass is 10.1. The van der Waals surface area contributed by atoms with Gasteiger partial charge in [0.1, 0.15) is 0 Å². The molecule has 0 radical (unpaired) electrons. The van der Waals surface area contributed by atoms with Gasteiger partial charge in [0, 0.05) is 38.3 Å².